The molecule has 3 rings (SSSR count). The molecule has 1 aliphatic carbocycles. The summed E-state index contributed by atoms with van der Waals surface area (Å²) in [5.41, 5.74) is 0.211. The quantitative estimate of drug-likeness (QED) is 0.845. The number of hydrogen-bond donors (Lipinski definition) is 1. The van der Waals surface area contributed by atoms with Crippen LogP contribution in [-0.4, -0.2) is 30.1 Å². The zero-order valence-electron chi connectivity index (χ0n) is 11.5. The van der Waals surface area contributed by atoms with Gasteiger partial charge in [0.1, 0.15) is 5.82 Å². The molecular formula is C16H20FNO2. The van der Waals surface area contributed by atoms with Gasteiger partial charge in [-0.2, -0.15) is 0 Å². The fourth-order valence-corrected chi connectivity index (χ4v) is 3.73. The van der Waals surface area contributed by atoms with Crippen molar-refractivity contribution in [3.8, 4) is 0 Å². The summed E-state index contributed by atoms with van der Waals surface area (Å²) < 4.78 is 14.1. The van der Waals surface area contributed by atoms with Gasteiger partial charge in [0.2, 0.25) is 0 Å². The SMILES string of the molecule is O=Cc1cccc(F)c1N1CCC2(O)CCCCC2C1. The standard InChI is InChI=1S/C16H20FNO2/c17-14-6-3-4-12(11-19)15(14)18-9-8-16(20)7-2-1-5-13(16)10-18/h3-4,6,11,13,20H,1-2,5,7-10H2. The largest absolute Gasteiger partial charge is 0.389 e. The molecule has 0 spiro atoms. The van der Waals surface area contributed by atoms with E-state index in [0.717, 1.165) is 25.7 Å². The van der Waals surface area contributed by atoms with Crippen LogP contribution in [0.4, 0.5) is 10.1 Å². The van der Waals surface area contributed by atoms with Gasteiger partial charge in [-0.15, -0.1) is 0 Å². The fourth-order valence-electron chi connectivity index (χ4n) is 3.73. The van der Waals surface area contributed by atoms with E-state index < -0.39 is 5.60 Å². The molecule has 1 heterocycles. The summed E-state index contributed by atoms with van der Waals surface area (Å²) in [5, 5.41) is 10.7. The number of benzene rings is 1. The normalized spacial score (nSPS) is 29.9. The number of aldehydes is 1. The number of piperidine rings is 1. The van der Waals surface area contributed by atoms with E-state index in [2.05, 4.69) is 0 Å². The Hall–Kier alpha value is -1.42. The summed E-state index contributed by atoms with van der Waals surface area (Å²) in [7, 11) is 0. The van der Waals surface area contributed by atoms with Gasteiger partial charge >= 0.3 is 0 Å². The number of halogens is 1. The van der Waals surface area contributed by atoms with Crippen LogP contribution >= 0.6 is 0 Å². The molecule has 20 heavy (non-hydrogen) atoms. The maximum absolute atomic E-state index is 14.1. The number of carbonyl (C=O) groups is 1. The summed E-state index contributed by atoms with van der Waals surface area (Å²) in [4.78, 5) is 13.1. The summed E-state index contributed by atoms with van der Waals surface area (Å²) in [6.45, 7) is 1.24. The third kappa shape index (κ3) is 2.22. The van der Waals surface area contributed by atoms with Crippen molar-refractivity contribution < 1.29 is 14.3 Å². The average Bonchev–Trinajstić information content (AvgIpc) is 2.46. The maximum Gasteiger partial charge on any atom is 0.152 e. The third-order valence-corrected chi connectivity index (χ3v) is 4.89. The first-order valence-electron chi connectivity index (χ1n) is 7.35. The molecule has 3 nitrogen and oxygen atoms in total. The first-order valence-corrected chi connectivity index (χ1v) is 7.35. The van der Waals surface area contributed by atoms with Gasteiger partial charge in [-0.1, -0.05) is 18.9 Å². The Morgan fingerprint density at radius 3 is 3.00 bits per heavy atom. The number of rotatable bonds is 2. The Morgan fingerprint density at radius 1 is 1.35 bits per heavy atom. The molecule has 0 radical (unpaired) electrons. The van der Waals surface area contributed by atoms with Gasteiger partial charge in [0.05, 0.1) is 11.3 Å². The number of nitrogens with zero attached hydrogens (tertiary/aromatic N) is 1. The molecule has 1 aromatic rings. The number of hydrogen-bond acceptors (Lipinski definition) is 3. The lowest BCUT2D eigenvalue weighted by Gasteiger charge is -2.48. The Bertz CT molecular complexity index is 519. The molecule has 1 N–H and O–H groups in total. The van der Waals surface area contributed by atoms with Crippen LogP contribution in [0, 0.1) is 11.7 Å². The highest BCUT2D eigenvalue weighted by Crippen LogP contribution is 2.41. The highest BCUT2D eigenvalue weighted by Gasteiger charge is 2.43. The third-order valence-electron chi connectivity index (χ3n) is 4.89. The van der Waals surface area contributed by atoms with Gasteiger partial charge in [-0.25, -0.2) is 4.39 Å². The molecule has 0 amide bonds. The lowest BCUT2D eigenvalue weighted by Crippen LogP contribution is -2.53. The second-order valence-corrected chi connectivity index (χ2v) is 6.04. The average molecular weight is 277 g/mol. The van der Waals surface area contributed by atoms with Gasteiger partial charge in [0, 0.05) is 24.6 Å². The van der Waals surface area contributed by atoms with E-state index in [1.807, 2.05) is 4.90 Å². The van der Waals surface area contributed by atoms with Crippen LogP contribution in [0.15, 0.2) is 18.2 Å². The molecule has 0 aromatic heterocycles. The zero-order valence-corrected chi connectivity index (χ0v) is 11.5. The van der Waals surface area contributed by atoms with E-state index >= 15 is 0 Å². The predicted molar refractivity (Wildman–Crippen MR) is 75.5 cm³/mol. The van der Waals surface area contributed by atoms with E-state index in [4.69, 9.17) is 0 Å². The van der Waals surface area contributed by atoms with Gasteiger partial charge in [0.25, 0.3) is 0 Å². The van der Waals surface area contributed by atoms with Gasteiger partial charge in [-0.3, -0.25) is 4.79 Å². The van der Waals surface area contributed by atoms with Crippen molar-refractivity contribution >= 4 is 12.0 Å². The lowest BCUT2D eigenvalue weighted by atomic mass is 9.71. The molecule has 1 saturated heterocycles. The van der Waals surface area contributed by atoms with Crippen molar-refractivity contribution in [1.29, 1.82) is 0 Å². The summed E-state index contributed by atoms with van der Waals surface area (Å²) in [5.74, 6) is -0.167. The number of para-hydroxylation sites is 1. The first kappa shape index (κ1) is 13.6. The summed E-state index contributed by atoms with van der Waals surface area (Å²) in [6, 6.07) is 4.60. The molecule has 1 aromatic carbocycles. The van der Waals surface area contributed by atoms with E-state index in [1.54, 1.807) is 12.1 Å². The number of anilines is 1. The number of aliphatic hydroxyl groups is 1. The van der Waals surface area contributed by atoms with Crippen LogP contribution in [0.5, 0.6) is 0 Å². The molecular weight excluding hydrogens is 257 g/mol. The first-order chi connectivity index (χ1) is 9.64. The molecule has 2 fully saturated rings. The highest BCUT2D eigenvalue weighted by atomic mass is 19.1. The Labute approximate surface area is 118 Å². The fraction of sp³-hybridized carbons (Fsp3) is 0.562. The lowest BCUT2D eigenvalue weighted by molar-refractivity contribution is -0.0613. The summed E-state index contributed by atoms with van der Waals surface area (Å²) >= 11 is 0. The van der Waals surface area contributed by atoms with Crippen LogP contribution in [-0.2, 0) is 0 Å². The Morgan fingerprint density at radius 2 is 2.20 bits per heavy atom. The monoisotopic (exact) mass is 277 g/mol. The molecule has 4 heteroatoms. The maximum atomic E-state index is 14.1. The second kappa shape index (κ2) is 5.17. The van der Waals surface area contributed by atoms with Crippen LogP contribution in [0.2, 0.25) is 0 Å². The van der Waals surface area contributed by atoms with Crippen molar-refractivity contribution in [3.63, 3.8) is 0 Å². The van der Waals surface area contributed by atoms with Gasteiger partial charge in [0.15, 0.2) is 6.29 Å². The van der Waals surface area contributed by atoms with Gasteiger partial charge < -0.3 is 10.0 Å². The Kier molecular flexibility index (Phi) is 3.50. The molecule has 2 aliphatic rings. The summed E-state index contributed by atoms with van der Waals surface area (Å²) in [6.07, 6.45) is 5.40. The van der Waals surface area contributed by atoms with E-state index in [-0.39, 0.29) is 11.7 Å². The van der Waals surface area contributed by atoms with Gasteiger partial charge in [-0.05, 0) is 31.4 Å². The van der Waals surface area contributed by atoms with E-state index in [9.17, 15) is 14.3 Å². The minimum atomic E-state index is -0.582. The zero-order chi connectivity index (χ0) is 14.2. The Balaban J connectivity index is 1.88. The smallest absolute Gasteiger partial charge is 0.152 e. The van der Waals surface area contributed by atoms with Crippen LogP contribution in [0.25, 0.3) is 0 Å². The topological polar surface area (TPSA) is 40.5 Å². The molecule has 1 aliphatic heterocycles. The number of carbonyl (C=O) groups excluding carboxylic acids is 1. The minimum Gasteiger partial charge on any atom is -0.389 e. The molecule has 1 saturated carbocycles. The second-order valence-electron chi connectivity index (χ2n) is 6.04. The van der Waals surface area contributed by atoms with E-state index in [1.165, 1.54) is 6.07 Å². The van der Waals surface area contributed by atoms with Crippen molar-refractivity contribution in [2.75, 3.05) is 18.0 Å². The van der Waals surface area contributed by atoms with E-state index in [0.29, 0.717) is 37.0 Å². The highest BCUT2D eigenvalue weighted by molar-refractivity contribution is 5.84. The molecule has 2 atom stereocenters. The molecule has 2 unspecified atom stereocenters. The van der Waals surface area contributed by atoms with Crippen LogP contribution in [0.3, 0.4) is 0 Å². The minimum absolute atomic E-state index is 0.184. The van der Waals surface area contributed by atoms with Crippen molar-refractivity contribution in [3.05, 3.63) is 29.6 Å². The molecule has 108 valence electrons. The van der Waals surface area contributed by atoms with Crippen LogP contribution < -0.4 is 4.90 Å². The predicted octanol–water partition coefficient (Wildman–Crippen LogP) is 2.77. The molecule has 0 bridgehead atoms. The van der Waals surface area contributed by atoms with Crippen molar-refractivity contribution in [2.24, 2.45) is 5.92 Å². The van der Waals surface area contributed by atoms with Crippen molar-refractivity contribution in [2.45, 2.75) is 37.7 Å². The number of fused-ring (bicyclic) bond motifs is 1. The van der Waals surface area contributed by atoms with Crippen molar-refractivity contribution in [1.82, 2.24) is 0 Å². The van der Waals surface area contributed by atoms with Crippen LogP contribution in [0.1, 0.15) is 42.5 Å².